The van der Waals surface area contributed by atoms with E-state index in [1.54, 1.807) is 11.3 Å². The summed E-state index contributed by atoms with van der Waals surface area (Å²) in [5.74, 6) is 1.32. The number of nitrogens with one attached hydrogen (secondary N) is 2. The third-order valence-corrected chi connectivity index (χ3v) is 5.63. The number of aryl methyl sites for hydroxylation is 2. The summed E-state index contributed by atoms with van der Waals surface area (Å²) in [5.41, 5.74) is 8.25. The Hall–Kier alpha value is -2.67. The van der Waals surface area contributed by atoms with E-state index in [0.717, 1.165) is 49.7 Å². The van der Waals surface area contributed by atoms with E-state index in [1.165, 1.54) is 12.8 Å². The second-order valence-electron chi connectivity index (χ2n) is 6.57. The van der Waals surface area contributed by atoms with Gasteiger partial charge in [0.2, 0.25) is 0 Å². The predicted octanol–water partition coefficient (Wildman–Crippen LogP) is 4.13. The van der Waals surface area contributed by atoms with Crippen molar-refractivity contribution >= 4 is 22.4 Å². The van der Waals surface area contributed by atoms with Gasteiger partial charge in [-0.05, 0) is 44.4 Å². The Kier molecular flexibility index (Phi) is 3.03. The van der Waals surface area contributed by atoms with Crippen LogP contribution in [0.3, 0.4) is 0 Å². The molecule has 25 heavy (non-hydrogen) atoms. The molecule has 6 nitrogen and oxygen atoms in total. The third kappa shape index (κ3) is 2.26. The average Bonchev–Trinajstić information content (AvgIpc) is 3.02. The zero-order valence-electron chi connectivity index (χ0n) is 13.8. The lowest BCUT2D eigenvalue weighted by Gasteiger charge is -2.07. The number of hydrogen-bond acceptors (Lipinski definition) is 5. The standard InChI is InChI=1S/C18H16N4O2S/c1-8-14(9(2)24-22-8)11-5-12(16-13(6-11)20-18(23)21-16)17-15(10-3-4-10)19-7-25-17/h5-7,10H,3-4H2,1-2H3,(H2,20,21,23). The van der Waals surface area contributed by atoms with Crippen molar-refractivity contribution in [3.63, 3.8) is 0 Å². The van der Waals surface area contributed by atoms with E-state index in [0.29, 0.717) is 5.92 Å². The van der Waals surface area contributed by atoms with E-state index < -0.39 is 0 Å². The van der Waals surface area contributed by atoms with Crippen molar-refractivity contribution in [2.75, 3.05) is 0 Å². The minimum atomic E-state index is -0.204. The second-order valence-corrected chi connectivity index (χ2v) is 7.42. The van der Waals surface area contributed by atoms with Crippen molar-refractivity contribution in [1.82, 2.24) is 20.1 Å². The molecule has 4 aromatic rings. The van der Waals surface area contributed by atoms with Gasteiger partial charge in [0.1, 0.15) is 5.76 Å². The molecule has 1 aliphatic carbocycles. The predicted molar refractivity (Wildman–Crippen MR) is 97.0 cm³/mol. The molecular formula is C18H16N4O2S. The fourth-order valence-electron chi connectivity index (χ4n) is 3.46. The molecule has 1 aliphatic rings. The molecule has 0 radical (unpaired) electrons. The molecular weight excluding hydrogens is 336 g/mol. The molecule has 0 unspecified atom stereocenters. The monoisotopic (exact) mass is 352 g/mol. The lowest BCUT2D eigenvalue weighted by molar-refractivity contribution is 0.393. The summed E-state index contributed by atoms with van der Waals surface area (Å²) in [6.45, 7) is 3.83. The van der Waals surface area contributed by atoms with Crippen LogP contribution in [0, 0.1) is 13.8 Å². The van der Waals surface area contributed by atoms with Gasteiger partial charge in [-0.25, -0.2) is 9.78 Å². The molecule has 0 spiro atoms. The summed E-state index contributed by atoms with van der Waals surface area (Å²) in [6, 6.07) is 4.08. The Bertz CT molecular complexity index is 1140. The van der Waals surface area contributed by atoms with Gasteiger partial charge in [-0.3, -0.25) is 0 Å². The normalized spacial score (nSPS) is 14.5. The first-order valence-electron chi connectivity index (χ1n) is 8.25. The quantitative estimate of drug-likeness (QED) is 0.580. The number of hydrogen-bond donors (Lipinski definition) is 2. The van der Waals surface area contributed by atoms with E-state index in [-0.39, 0.29) is 5.69 Å². The second kappa shape index (κ2) is 5.16. The zero-order valence-corrected chi connectivity index (χ0v) is 14.7. The average molecular weight is 352 g/mol. The molecule has 2 N–H and O–H groups in total. The number of H-pyrrole nitrogens is 2. The molecule has 0 atom stereocenters. The van der Waals surface area contributed by atoms with Crippen molar-refractivity contribution in [1.29, 1.82) is 0 Å². The number of thiazole rings is 1. The van der Waals surface area contributed by atoms with Crippen LogP contribution in [0.15, 0.2) is 27.0 Å². The summed E-state index contributed by atoms with van der Waals surface area (Å²) < 4.78 is 5.33. The van der Waals surface area contributed by atoms with Crippen LogP contribution in [-0.2, 0) is 0 Å². The number of nitrogens with zero attached hydrogens (tertiary/aromatic N) is 2. The molecule has 0 bridgehead atoms. The van der Waals surface area contributed by atoms with E-state index in [1.807, 2.05) is 25.4 Å². The van der Waals surface area contributed by atoms with Crippen LogP contribution in [0.4, 0.5) is 0 Å². The molecule has 3 aromatic heterocycles. The Balaban J connectivity index is 1.82. The first-order chi connectivity index (χ1) is 12.1. The maximum atomic E-state index is 11.9. The van der Waals surface area contributed by atoms with Crippen molar-refractivity contribution in [3.05, 3.63) is 45.3 Å². The van der Waals surface area contributed by atoms with Gasteiger partial charge in [0.05, 0.1) is 32.8 Å². The van der Waals surface area contributed by atoms with Gasteiger partial charge >= 0.3 is 5.69 Å². The molecule has 0 amide bonds. The van der Waals surface area contributed by atoms with Gasteiger partial charge in [-0.2, -0.15) is 0 Å². The minimum Gasteiger partial charge on any atom is -0.361 e. The maximum Gasteiger partial charge on any atom is 0.323 e. The molecule has 1 fully saturated rings. The van der Waals surface area contributed by atoms with Crippen LogP contribution in [0.5, 0.6) is 0 Å². The van der Waals surface area contributed by atoms with Crippen LogP contribution < -0.4 is 5.69 Å². The van der Waals surface area contributed by atoms with Crippen molar-refractivity contribution in [2.45, 2.75) is 32.6 Å². The van der Waals surface area contributed by atoms with Crippen molar-refractivity contribution in [2.24, 2.45) is 0 Å². The number of aromatic amines is 2. The highest BCUT2D eigenvalue weighted by atomic mass is 32.1. The third-order valence-electron chi connectivity index (χ3n) is 4.75. The lowest BCUT2D eigenvalue weighted by Crippen LogP contribution is -1.99. The molecule has 5 rings (SSSR count). The first-order valence-corrected chi connectivity index (χ1v) is 9.13. The van der Waals surface area contributed by atoms with Gasteiger partial charge in [0.15, 0.2) is 0 Å². The highest BCUT2D eigenvalue weighted by Gasteiger charge is 2.30. The molecule has 7 heteroatoms. The van der Waals surface area contributed by atoms with Gasteiger partial charge < -0.3 is 14.5 Å². The number of rotatable bonds is 3. The number of fused-ring (bicyclic) bond motifs is 1. The Morgan fingerprint density at radius 3 is 2.80 bits per heavy atom. The number of benzene rings is 1. The van der Waals surface area contributed by atoms with Crippen molar-refractivity contribution in [3.8, 4) is 21.6 Å². The summed E-state index contributed by atoms with van der Waals surface area (Å²) in [4.78, 5) is 23.5. The Labute approximate surface area is 146 Å². The topological polar surface area (TPSA) is 87.6 Å². The number of aromatic nitrogens is 4. The van der Waals surface area contributed by atoms with Crippen LogP contribution in [-0.4, -0.2) is 20.1 Å². The van der Waals surface area contributed by atoms with Gasteiger partial charge in [-0.1, -0.05) is 5.16 Å². The highest BCUT2D eigenvalue weighted by Crippen LogP contribution is 2.46. The molecule has 1 saturated carbocycles. The molecule has 126 valence electrons. The van der Waals surface area contributed by atoms with Gasteiger partial charge in [0.25, 0.3) is 0 Å². The highest BCUT2D eigenvalue weighted by molar-refractivity contribution is 7.13. The van der Waals surface area contributed by atoms with Crippen LogP contribution >= 0.6 is 11.3 Å². The summed E-state index contributed by atoms with van der Waals surface area (Å²) in [5, 5.41) is 4.06. The van der Waals surface area contributed by atoms with E-state index in [4.69, 9.17) is 4.52 Å². The van der Waals surface area contributed by atoms with Gasteiger partial charge in [-0.15, -0.1) is 11.3 Å². The minimum absolute atomic E-state index is 0.204. The first kappa shape index (κ1) is 14.7. The van der Waals surface area contributed by atoms with Crippen LogP contribution in [0.1, 0.15) is 35.9 Å². The van der Waals surface area contributed by atoms with Crippen LogP contribution in [0.2, 0.25) is 0 Å². The summed E-state index contributed by atoms with van der Waals surface area (Å²) >= 11 is 1.62. The molecule has 0 aliphatic heterocycles. The van der Waals surface area contributed by atoms with E-state index in [9.17, 15) is 4.79 Å². The van der Waals surface area contributed by atoms with Crippen molar-refractivity contribution < 1.29 is 4.52 Å². The Morgan fingerprint density at radius 2 is 2.08 bits per heavy atom. The molecule has 3 heterocycles. The van der Waals surface area contributed by atoms with Gasteiger partial charge in [0, 0.05) is 17.0 Å². The lowest BCUT2D eigenvalue weighted by atomic mass is 9.99. The summed E-state index contributed by atoms with van der Waals surface area (Å²) in [6.07, 6.45) is 2.38. The van der Waals surface area contributed by atoms with E-state index >= 15 is 0 Å². The zero-order chi connectivity index (χ0) is 17.1. The largest absolute Gasteiger partial charge is 0.361 e. The fraction of sp³-hybridized carbons (Fsp3) is 0.278. The Morgan fingerprint density at radius 1 is 1.24 bits per heavy atom. The van der Waals surface area contributed by atoms with E-state index in [2.05, 4.69) is 26.2 Å². The fourth-order valence-corrected chi connectivity index (χ4v) is 4.36. The molecule has 1 aromatic carbocycles. The smallest absolute Gasteiger partial charge is 0.323 e. The summed E-state index contributed by atoms with van der Waals surface area (Å²) in [7, 11) is 0. The SMILES string of the molecule is Cc1noc(C)c1-c1cc(-c2scnc2C2CC2)c2[nH]c(=O)[nH]c2c1. The van der Waals surface area contributed by atoms with Crippen LogP contribution in [0.25, 0.3) is 32.6 Å². The number of imidazole rings is 1. The molecule has 0 saturated heterocycles. The maximum absolute atomic E-state index is 11.9.